The summed E-state index contributed by atoms with van der Waals surface area (Å²) in [6, 6.07) is 0. The largest absolute Gasteiger partial charge is 0.426 e. The van der Waals surface area contributed by atoms with Crippen molar-refractivity contribution in [1.29, 1.82) is 0 Å². The van der Waals surface area contributed by atoms with Crippen molar-refractivity contribution in [2.45, 2.75) is 12.2 Å². The molecule has 0 saturated carbocycles. The highest BCUT2D eigenvalue weighted by molar-refractivity contribution is 5.76. The van der Waals surface area contributed by atoms with E-state index in [1.807, 2.05) is 0 Å². The molecule has 2 N–H and O–H groups in total. The zero-order chi connectivity index (χ0) is 9.47. The molecule has 0 radical (unpaired) electrons. The van der Waals surface area contributed by atoms with E-state index < -0.39 is 5.79 Å². The molecule has 2 aliphatic rings. The molecule has 1 aliphatic carbocycles. The van der Waals surface area contributed by atoms with E-state index in [2.05, 4.69) is 0 Å². The molecule has 1 heterocycles. The Morgan fingerprint density at radius 3 is 3.00 bits per heavy atom. The van der Waals surface area contributed by atoms with Crippen LogP contribution >= 0.6 is 0 Å². The van der Waals surface area contributed by atoms with Crippen LogP contribution < -0.4 is 0 Å². The SMILES string of the molecule is O=C1CC=C2C=CC(O)(O)C=C2O1. The molecule has 0 spiro atoms. The Balaban J connectivity index is 2.39. The molecule has 68 valence electrons. The Bertz CT molecular complexity index is 347. The predicted molar refractivity (Wildman–Crippen MR) is 43.2 cm³/mol. The van der Waals surface area contributed by atoms with Gasteiger partial charge in [0.05, 0.1) is 6.42 Å². The minimum Gasteiger partial charge on any atom is -0.426 e. The van der Waals surface area contributed by atoms with E-state index in [1.54, 1.807) is 6.08 Å². The average Bonchev–Trinajstić information content (AvgIpc) is 2.01. The van der Waals surface area contributed by atoms with E-state index in [1.165, 1.54) is 12.2 Å². The molecule has 0 atom stereocenters. The molecule has 2 rings (SSSR count). The van der Waals surface area contributed by atoms with E-state index in [0.29, 0.717) is 5.57 Å². The lowest BCUT2D eigenvalue weighted by molar-refractivity contribution is -0.139. The fourth-order valence-electron chi connectivity index (χ4n) is 1.23. The maximum absolute atomic E-state index is 10.8. The number of hydrogen-bond acceptors (Lipinski definition) is 4. The lowest BCUT2D eigenvalue weighted by atomic mass is 10.0. The van der Waals surface area contributed by atoms with Gasteiger partial charge in [0.25, 0.3) is 0 Å². The van der Waals surface area contributed by atoms with Gasteiger partial charge in [-0.1, -0.05) is 6.08 Å². The summed E-state index contributed by atoms with van der Waals surface area (Å²) in [7, 11) is 0. The van der Waals surface area contributed by atoms with Crippen molar-refractivity contribution >= 4 is 5.97 Å². The van der Waals surface area contributed by atoms with Crippen LogP contribution in [0.25, 0.3) is 0 Å². The Morgan fingerprint density at radius 2 is 2.23 bits per heavy atom. The lowest BCUT2D eigenvalue weighted by Crippen LogP contribution is -2.27. The van der Waals surface area contributed by atoms with E-state index in [4.69, 9.17) is 4.74 Å². The van der Waals surface area contributed by atoms with Crippen molar-refractivity contribution in [2.24, 2.45) is 0 Å². The van der Waals surface area contributed by atoms with Crippen molar-refractivity contribution in [3.63, 3.8) is 0 Å². The molecule has 0 aromatic rings. The topological polar surface area (TPSA) is 66.8 Å². The van der Waals surface area contributed by atoms with Gasteiger partial charge in [-0.25, -0.2) is 0 Å². The van der Waals surface area contributed by atoms with Gasteiger partial charge < -0.3 is 14.9 Å². The van der Waals surface area contributed by atoms with E-state index >= 15 is 0 Å². The van der Waals surface area contributed by atoms with Gasteiger partial charge in [-0.3, -0.25) is 4.79 Å². The molecular weight excluding hydrogens is 172 g/mol. The summed E-state index contributed by atoms with van der Waals surface area (Å²) in [6.45, 7) is 0. The van der Waals surface area contributed by atoms with Gasteiger partial charge in [0.15, 0.2) is 0 Å². The average molecular weight is 180 g/mol. The van der Waals surface area contributed by atoms with Crippen LogP contribution in [0.4, 0.5) is 0 Å². The number of allylic oxidation sites excluding steroid dienone is 1. The number of carbonyl (C=O) groups is 1. The van der Waals surface area contributed by atoms with Crippen molar-refractivity contribution in [3.8, 4) is 0 Å². The quantitative estimate of drug-likeness (QED) is 0.406. The molecule has 0 fully saturated rings. The summed E-state index contributed by atoms with van der Waals surface area (Å²) in [6.07, 6.45) is 5.74. The van der Waals surface area contributed by atoms with Gasteiger partial charge in [0.1, 0.15) is 5.76 Å². The first kappa shape index (κ1) is 8.22. The molecule has 0 saturated heterocycles. The number of esters is 1. The normalized spacial score (nSPS) is 24.3. The molecular formula is C9H8O4. The van der Waals surface area contributed by atoms with Gasteiger partial charge in [-0.05, 0) is 12.2 Å². The number of rotatable bonds is 0. The minimum atomic E-state index is -2.01. The lowest BCUT2D eigenvalue weighted by Gasteiger charge is -2.22. The number of hydrogen-bond donors (Lipinski definition) is 2. The van der Waals surface area contributed by atoms with Crippen LogP contribution in [0.5, 0.6) is 0 Å². The van der Waals surface area contributed by atoms with Crippen LogP contribution in [0.1, 0.15) is 6.42 Å². The summed E-state index contributed by atoms with van der Waals surface area (Å²) in [5.41, 5.74) is 0.707. The first-order valence-electron chi connectivity index (χ1n) is 3.85. The summed E-state index contributed by atoms with van der Waals surface area (Å²) >= 11 is 0. The predicted octanol–water partition coefficient (Wildman–Crippen LogP) is -0.00570. The third-order valence-electron chi connectivity index (χ3n) is 1.85. The summed E-state index contributed by atoms with van der Waals surface area (Å²) in [5.74, 6) is -2.19. The molecule has 1 aliphatic heterocycles. The van der Waals surface area contributed by atoms with Gasteiger partial charge in [-0.15, -0.1) is 0 Å². The molecule has 0 aromatic carbocycles. The Labute approximate surface area is 74.4 Å². The summed E-state index contributed by atoms with van der Waals surface area (Å²) in [4.78, 5) is 10.8. The standard InChI is InChI=1S/C9H8O4/c10-8-2-1-6-3-4-9(11,12)5-7(6)13-8/h1,3-5,11-12H,2H2. The van der Waals surface area contributed by atoms with E-state index in [0.717, 1.165) is 6.08 Å². The van der Waals surface area contributed by atoms with Crippen LogP contribution in [0.2, 0.25) is 0 Å². The smallest absolute Gasteiger partial charge is 0.315 e. The van der Waals surface area contributed by atoms with Crippen molar-refractivity contribution in [1.82, 2.24) is 0 Å². The second-order valence-electron chi connectivity index (χ2n) is 2.96. The molecule has 0 bridgehead atoms. The van der Waals surface area contributed by atoms with Crippen LogP contribution in [0.3, 0.4) is 0 Å². The van der Waals surface area contributed by atoms with Gasteiger partial charge in [-0.2, -0.15) is 0 Å². The van der Waals surface area contributed by atoms with E-state index in [9.17, 15) is 15.0 Å². The van der Waals surface area contributed by atoms with E-state index in [-0.39, 0.29) is 18.1 Å². The van der Waals surface area contributed by atoms with Crippen molar-refractivity contribution in [3.05, 3.63) is 35.6 Å². The van der Waals surface area contributed by atoms with Gasteiger partial charge in [0.2, 0.25) is 5.79 Å². The van der Waals surface area contributed by atoms with Crippen molar-refractivity contribution < 1.29 is 19.7 Å². The number of fused-ring (bicyclic) bond motifs is 1. The first-order valence-corrected chi connectivity index (χ1v) is 3.85. The highest BCUT2D eigenvalue weighted by atomic mass is 16.5. The number of aliphatic hydroxyl groups is 2. The Morgan fingerprint density at radius 1 is 1.46 bits per heavy atom. The maximum atomic E-state index is 10.8. The maximum Gasteiger partial charge on any atom is 0.315 e. The summed E-state index contributed by atoms with van der Waals surface area (Å²) < 4.78 is 4.81. The Hall–Kier alpha value is -1.39. The fourth-order valence-corrected chi connectivity index (χ4v) is 1.23. The monoisotopic (exact) mass is 180 g/mol. The highest BCUT2D eigenvalue weighted by Gasteiger charge is 2.26. The summed E-state index contributed by atoms with van der Waals surface area (Å²) in [5, 5.41) is 18.3. The highest BCUT2D eigenvalue weighted by Crippen LogP contribution is 2.27. The van der Waals surface area contributed by atoms with Gasteiger partial charge >= 0.3 is 5.97 Å². The zero-order valence-electron chi connectivity index (χ0n) is 6.73. The van der Waals surface area contributed by atoms with Crippen LogP contribution in [-0.4, -0.2) is 22.0 Å². The number of ether oxygens (including phenoxy) is 1. The zero-order valence-corrected chi connectivity index (χ0v) is 6.73. The van der Waals surface area contributed by atoms with Gasteiger partial charge in [0, 0.05) is 11.6 Å². The number of carbonyl (C=O) groups excluding carboxylic acids is 1. The second kappa shape index (κ2) is 2.55. The molecule has 4 heteroatoms. The molecule has 0 amide bonds. The molecule has 13 heavy (non-hydrogen) atoms. The molecule has 0 unspecified atom stereocenters. The van der Waals surface area contributed by atoms with Crippen molar-refractivity contribution in [2.75, 3.05) is 0 Å². The van der Waals surface area contributed by atoms with Crippen LogP contribution in [-0.2, 0) is 9.53 Å². The van der Waals surface area contributed by atoms with Crippen LogP contribution in [0.15, 0.2) is 35.6 Å². The minimum absolute atomic E-state index is 0.212. The first-order chi connectivity index (χ1) is 6.07. The fraction of sp³-hybridized carbons (Fsp3) is 0.222. The molecule has 4 nitrogen and oxygen atoms in total. The van der Waals surface area contributed by atoms with Crippen LogP contribution in [0, 0.1) is 0 Å². The Kier molecular flexibility index (Phi) is 1.61. The third-order valence-corrected chi connectivity index (χ3v) is 1.85. The molecule has 0 aromatic heterocycles. The second-order valence-corrected chi connectivity index (χ2v) is 2.96. The third kappa shape index (κ3) is 1.54.